The molecular formula is C13H14FNO3. The zero-order valence-corrected chi connectivity index (χ0v) is 10.3. The van der Waals surface area contributed by atoms with Crippen molar-refractivity contribution in [2.24, 2.45) is 4.99 Å². The molecule has 1 aromatic carbocycles. The van der Waals surface area contributed by atoms with Crippen LogP contribution in [0.25, 0.3) is 0 Å². The molecule has 1 aliphatic carbocycles. The van der Waals surface area contributed by atoms with Crippen molar-refractivity contribution >= 4 is 6.08 Å². The Bertz CT molecular complexity index is 505. The minimum absolute atomic E-state index is 0.170. The van der Waals surface area contributed by atoms with Crippen molar-refractivity contribution in [2.75, 3.05) is 14.2 Å². The first-order valence-corrected chi connectivity index (χ1v) is 5.62. The maximum absolute atomic E-state index is 14.4. The quantitative estimate of drug-likeness (QED) is 0.596. The number of nitrogens with zero attached hydrogens (tertiary/aromatic N) is 1. The van der Waals surface area contributed by atoms with Crippen molar-refractivity contribution in [3.05, 3.63) is 29.1 Å². The maximum Gasteiger partial charge on any atom is 0.235 e. The molecule has 18 heavy (non-hydrogen) atoms. The van der Waals surface area contributed by atoms with Gasteiger partial charge >= 0.3 is 0 Å². The summed E-state index contributed by atoms with van der Waals surface area (Å²) in [4.78, 5) is 14.2. The van der Waals surface area contributed by atoms with Crippen molar-refractivity contribution in [3.63, 3.8) is 0 Å². The molecule has 1 aliphatic rings. The highest BCUT2D eigenvalue weighted by atomic mass is 19.1. The Hall–Kier alpha value is -1.71. The molecule has 0 aliphatic heterocycles. The van der Waals surface area contributed by atoms with E-state index in [0.29, 0.717) is 29.7 Å². The van der Waals surface area contributed by atoms with E-state index < -0.39 is 11.4 Å². The van der Waals surface area contributed by atoms with Gasteiger partial charge in [-0.2, -0.15) is 4.99 Å². The lowest BCUT2D eigenvalue weighted by Crippen LogP contribution is -2.11. The molecule has 96 valence electrons. The van der Waals surface area contributed by atoms with Gasteiger partial charge in [0.25, 0.3) is 0 Å². The monoisotopic (exact) mass is 251 g/mol. The average Bonchev–Trinajstić information content (AvgIpc) is 3.12. The molecule has 0 amide bonds. The summed E-state index contributed by atoms with van der Waals surface area (Å²) in [6, 6.07) is 3.29. The van der Waals surface area contributed by atoms with Crippen LogP contribution < -0.4 is 4.74 Å². The largest absolute Gasteiger partial charge is 0.496 e. The lowest BCUT2D eigenvalue weighted by atomic mass is 10.00. The van der Waals surface area contributed by atoms with Gasteiger partial charge in [-0.25, -0.2) is 9.18 Å². The Morgan fingerprint density at radius 1 is 1.44 bits per heavy atom. The van der Waals surface area contributed by atoms with E-state index >= 15 is 0 Å². The number of rotatable bonds is 5. The van der Waals surface area contributed by atoms with Crippen LogP contribution in [0.1, 0.15) is 24.0 Å². The molecule has 0 radical (unpaired) electrons. The first-order valence-electron chi connectivity index (χ1n) is 5.62. The number of hydrogen-bond acceptors (Lipinski definition) is 4. The fraction of sp³-hybridized carbons (Fsp3) is 0.462. The molecule has 0 unspecified atom stereocenters. The summed E-state index contributed by atoms with van der Waals surface area (Å²) in [6.45, 7) is 0.170. The van der Waals surface area contributed by atoms with Crippen molar-refractivity contribution < 1.29 is 18.7 Å². The first-order chi connectivity index (χ1) is 8.68. The molecule has 5 heteroatoms. The second-order valence-corrected chi connectivity index (χ2v) is 4.28. The number of carbonyl (C=O) groups excluding carboxylic acids is 1. The van der Waals surface area contributed by atoms with E-state index in [0.717, 1.165) is 0 Å². The van der Waals surface area contributed by atoms with E-state index in [-0.39, 0.29) is 6.61 Å². The topological polar surface area (TPSA) is 47.9 Å². The molecule has 0 heterocycles. The molecule has 0 saturated heterocycles. The zero-order chi connectivity index (χ0) is 13.2. The average molecular weight is 251 g/mol. The van der Waals surface area contributed by atoms with Crippen LogP contribution in [0.3, 0.4) is 0 Å². The number of hydrogen-bond donors (Lipinski definition) is 0. The summed E-state index contributed by atoms with van der Waals surface area (Å²) in [5, 5.41) is 0. The summed E-state index contributed by atoms with van der Waals surface area (Å²) < 4.78 is 24.5. The molecule has 1 fully saturated rings. The number of isocyanates is 1. The standard InChI is InChI=1S/C13H14FNO3/c1-17-7-9-3-4-10(18-2)11(12(9)14)13(5-6-13)15-8-16/h3-4H,5-7H2,1-2H3. The second-order valence-electron chi connectivity index (χ2n) is 4.28. The van der Waals surface area contributed by atoms with E-state index in [1.807, 2.05) is 0 Å². The lowest BCUT2D eigenvalue weighted by Gasteiger charge is -2.16. The van der Waals surface area contributed by atoms with Crippen LogP contribution in [0.4, 0.5) is 4.39 Å². The Morgan fingerprint density at radius 2 is 2.17 bits per heavy atom. The van der Waals surface area contributed by atoms with Gasteiger partial charge in [-0.05, 0) is 18.9 Å². The highest BCUT2D eigenvalue weighted by Crippen LogP contribution is 2.53. The number of halogens is 1. The third kappa shape index (κ3) is 2.03. The fourth-order valence-corrected chi connectivity index (χ4v) is 2.10. The molecule has 0 spiro atoms. The summed E-state index contributed by atoms with van der Waals surface area (Å²) >= 11 is 0. The van der Waals surface area contributed by atoms with Gasteiger partial charge in [-0.15, -0.1) is 0 Å². The van der Waals surface area contributed by atoms with Crippen molar-refractivity contribution in [1.82, 2.24) is 0 Å². The Kier molecular flexibility index (Phi) is 3.45. The van der Waals surface area contributed by atoms with Gasteiger partial charge in [0.1, 0.15) is 17.1 Å². The predicted octanol–water partition coefficient (Wildman–Crippen LogP) is 2.31. The van der Waals surface area contributed by atoms with Crippen LogP contribution in [-0.2, 0) is 21.7 Å². The van der Waals surface area contributed by atoms with E-state index in [2.05, 4.69) is 4.99 Å². The van der Waals surface area contributed by atoms with Crippen molar-refractivity contribution in [2.45, 2.75) is 25.0 Å². The maximum atomic E-state index is 14.4. The van der Waals surface area contributed by atoms with E-state index in [1.54, 1.807) is 12.1 Å². The zero-order valence-electron chi connectivity index (χ0n) is 10.3. The number of methoxy groups -OCH3 is 2. The highest BCUT2D eigenvalue weighted by molar-refractivity contribution is 5.49. The van der Waals surface area contributed by atoms with E-state index in [1.165, 1.54) is 20.3 Å². The van der Waals surface area contributed by atoms with Gasteiger partial charge < -0.3 is 9.47 Å². The van der Waals surface area contributed by atoms with Crippen LogP contribution in [-0.4, -0.2) is 20.3 Å². The van der Waals surface area contributed by atoms with Gasteiger partial charge in [0.2, 0.25) is 6.08 Å². The molecule has 1 saturated carbocycles. The molecule has 0 aromatic heterocycles. The van der Waals surface area contributed by atoms with E-state index in [4.69, 9.17) is 9.47 Å². The molecule has 4 nitrogen and oxygen atoms in total. The number of benzene rings is 1. The van der Waals surface area contributed by atoms with Gasteiger partial charge in [-0.1, -0.05) is 6.07 Å². The van der Waals surface area contributed by atoms with Crippen LogP contribution in [0.15, 0.2) is 17.1 Å². The summed E-state index contributed by atoms with van der Waals surface area (Å²) in [7, 11) is 2.97. The first kappa shape index (κ1) is 12.7. The van der Waals surface area contributed by atoms with Gasteiger partial charge in [-0.3, -0.25) is 0 Å². The minimum atomic E-state index is -0.791. The molecule has 2 rings (SSSR count). The molecule has 1 aromatic rings. The van der Waals surface area contributed by atoms with Gasteiger partial charge in [0, 0.05) is 12.7 Å². The van der Waals surface area contributed by atoms with Crippen LogP contribution in [0.2, 0.25) is 0 Å². The fourth-order valence-electron chi connectivity index (χ4n) is 2.10. The molecule has 0 N–H and O–H groups in total. The summed E-state index contributed by atoms with van der Waals surface area (Å²) in [5.74, 6) is -0.00319. The van der Waals surface area contributed by atoms with Crippen molar-refractivity contribution in [3.8, 4) is 5.75 Å². The third-order valence-electron chi connectivity index (χ3n) is 3.15. The Labute approximate surface area is 104 Å². The Morgan fingerprint density at radius 3 is 2.67 bits per heavy atom. The van der Waals surface area contributed by atoms with Crippen LogP contribution >= 0.6 is 0 Å². The van der Waals surface area contributed by atoms with Crippen molar-refractivity contribution in [1.29, 1.82) is 0 Å². The van der Waals surface area contributed by atoms with E-state index in [9.17, 15) is 9.18 Å². The SMILES string of the molecule is COCc1ccc(OC)c(C2(N=C=O)CC2)c1F. The molecule has 0 bridgehead atoms. The summed E-state index contributed by atoms with van der Waals surface area (Å²) in [5.41, 5.74) is -0.0235. The molecule has 0 atom stereocenters. The van der Waals surface area contributed by atoms with Crippen LogP contribution in [0, 0.1) is 5.82 Å². The normalized spacial score (nSPS) is 15.9. The highest BCUT2D eigenvalue weighted by Gasteiger charge is 2.49. The predicted molar refractivity (Wildman–Crippen MR) is 62.7 cm³/mol. The van der Waals surface area contributed by atoms with Gasteiger partial charge in [0.05, 0.1) is 19.3 Å². The molecular weight excluding hydrogens is 237 g/mol. The van der Waals surface area contributed by atoms with Crippen LogP contribution in [0.5, 0.6) is 5.75 Å². The smallest absolute Gasteiger partial charge is 0.235 e. The minimum Gasteiger partial charge on any atom is -0.496 e. The Balaban J connectivity index is 2.56. The number of ether oxygens (including phenoxy) is 2. The lowest BCUT2D eigenvalue weighted by molar-refractivity contribution is 0.181. The summed E-state index contributed by atoms with van der Waals surface area (Å²) in [6.07, 6.45) is 2.78. The van der Waals surface area contributed by atoms with Gasteiger partial charge in [0.15, 0.2) is 0 Å². The third-order valence-corrected chi connectivity index (χ3v) is 3.15. The number of aliphatic imine (C=N–C) groups is 1. The second kappa shape index (κ2) is 4.88.